The molecule has 0 aliphatic rings. The summed E-state index contributed by atoms with van der Waals surface area (Å²) in [5, 5.41) is 13.9. The predicted octanol–water partition coefficient (Wildman–Crippen LogP) is 4.86. The first-order valence-electron chi connectivity index (χ1n) is 10.5. The maximum Gasteiger partial charge on any atom is 0.346 e. The van der Waals surface area contributed by atoms with E-state index in [1.165, 1.54) is 6.07 Å². The van der Waals surface area contributed by atoms with Crippen LogP contribution in [0.1, 0.15) is 0 Å². The molecule has 0 aliphatic heterocycles. The van der Waals surface area contributed by atoms with Crippen molar-refractivity contribution in [3.63, 3.8) is 0 Å². The molecule has 4 aromatic rings. The standard InChI is InChI=1S/C26H26N2O5/c1-28(2)14-15-32-21-11-6-18(7-12-21)27-25-22-13-8-19(29)16-23(22)33-26(30)24(25)17-4-9-20(31-3)10-5-17/h4-13,16,27,29H,14-15H2,1-3H3. The van der Waals surface area contributed by atoms with Crippen LogP contribution in [-0.4, -0.2) is 44.4 Å². The highest BCUT2D eigenvalue weighted by Crippen LogP contribution is 2.36. The zero-order valence-corrected chi connectivity index (χ0v) is 18.8. The Hall–Kier alpha value is -3.97. The minimum atomic E-state index is -0.510. The number of aromatic hydroxyl groups is 1. The normalized spacial score (nSPS) is 11.0. The van der Waals surface area contributed by atoms with E-state index in [4.69, 9.17) is 13.9 Å². The Morgan fingerprint density at radius 2 is 1.67 bits per heavy atom. The van der Waals surface area contributed by atoms with Gasteiger partial charge in [0.15, 0.2) is 0 Å². The topological polar surface area (TPSA) is 84.2 Å². The summed E-state index contributed by atoms with van der Waals surface area (Å²) < 4.78 is 16.5. The first kappa shape index (κ1) is 22.2. The summed E-state index contributed by atoms with van der Waals surface area (Å²) >= 11 is 0. The zero-order chi connectivity index (χ0) is 23.4. The summed E-state index contributed by atoms with van der Waals surface area (Å²) in [5.41, 5.74) is 2.23. The van der Waals surface area contributed by atoms with Gasteiger partial charge in [0.2, 0.25) is 0 Å². The molecule has 1 aromatic heterocycles. The van der Waals surface area contributed by atoms with Crippen molar-refractivity contribution in [3.8, 4) is 28.4 Å². The highest BCUT2D eigenvalue weighted by molar-refractivity contribution is 6.00. The molecule has 0 saturated heterocycles. The highest BCUT2D eigenvalue weighted by Gasteiger charge is 2.17. The van der Waals surface area contributed by atoms with Crippen LogP contribution in [0.3, 0.4) is 0 Å². The van der Waals surface area contributed by atoms with E-state index in [-0.39, 0.29) is 5.75 Å². The van der Waals surface area contributed by atoms with Crippen molar-refractivity contribution in [2.24, 2.45) is 0 Å². The average molecular weight is 447 g/mol. The van der Waals surface area contributed by atoms with Crippen molar-refractivity contribution in [3.05, 3.63) is 77.2 Å². The maximum absolute atomic E-state index is 13.0. The number of methoxy groups -OCH3 is 1. The van der Waals surface area contributed by atoms with E-state index in [9.17, 15) is 9.90 Å². The van der Waals surface area contributed by atoms with Crippen molar-refractivity contribution in [1.82, 2.24) is 4.90 Å². The van der Waals surface area contributed by atoms with E-state index in [1.807, 2.05) is 50.5 Å². The Labute approximate surface area is 191 Å². The SMILES string of the molecule is COc1ccc(-c2c(Nc3ccc(OCCN(C)C)cc3)c3ccc(O)cc3oc2=O)cc1. The van der Waals surface area contributed by atoms with Gasteiger partial charge in [0.25, 0.3) is 0 Å². The molecule has 0 spiro atoms. The number of hydrogen-bond acceptors (Lipinski definition) is 7. The van der Waals surface area contributed by atoms with Crippen LogP contribution < -0.4 is 20.4 Å². The van der Waals surface area contributed by atoms with Crippen LogP contribution in [0.4, 0.5) is 11.4 Å². The molecule has 1 heterocycles. The van der Waals surface area contributed by atoms with Crippen molar-refractivity contribution >= 4 is 22.3 Å². The summed E-state index contributed by atoms with van der Waals surface area (Å²) in [4.78, 5) is 15.1. The molecule has 0 saturated carbocycles. The highest BCUT2D eigenvalue weighted by atomic mass is 16.5. The smallest absolute Gasteiger partial charge is 0.346 e. The number of nitrogens with one attached hydrogen (secondary N) is 1. The molecule has 33 heavy (non-hydrogen) atoms. The molecule has 3 aromatic carbocycles. The van der Waals surface area contributed by atoms with Crippen molar-refractivity contribution < 1.29 is 19.0 Å². The quantitative estimate of drug-likeness (QED) is 0.374. The van der Waals surface area contributed by atoms with Crippen LogP contribution in [0.15, 0.2) is 75.9 Å². The Balaban J connectivity index is 1.74. The molecule has 0 atom stereocenters. The number of likely N-dealkylation sites (N-methyl/N-ethyl adjacent to an activating group) is 1. The van der Waals surface area contributed by atoms with Gasteiger partial charge in [-0.3, -0.25) is 0 Å². The van der Waals surface area contributed by atoms with Crippen LogP contribution in [0.5, 0.6) is 17.2 Å². The van der Waals surface area contributed by atoms with Crippen molar-refractivity contribution in [2.45, 2.75) is 0 Å². The molecule has 0 radical (unpaired) electrons. The monoisotopic (exact) mass is 446 g/mol. The Morgan fingerprint density at radius 3 is 2.33 bits per heavy atom. The van der Waals surface area contributed by atoms with E-state index in [0.717, 1.165) is 18.0 Å². The maximum atomic E-state index is 13.0. The first-order valence-corrected chi connectivity index (χ1v) is 10.5. The van der Waals surface area contributed by atoms with Gasteiger partial charge < -0.3 is 29.2 Å². The zero-order valence-electron chi connectivity index (χ0n) is 18.8. The number of phenols is 1. The third-order valence-electron chi connectivity index (χ3n) is 5.20. The lowest BCUT2D eigenvalue weighted by Gasteiger charge is -2.15. The molecule has 4 rings (SSSR count). The van der Waals surface area contributed by atoms with E-state index >= 15 is 0 Å². The fourth-order valence-electron chi connectivity index (χ4n) is 3.46. The first-order chi connectivity index (χ1) is 15.9. The van der Waals surface area contributed by atoms with E-state index < -0.39 is 5.63 Å². The van der Waals surface area contributed by atoms with E-state index in [2.05, 4.69) is 10.2 Å². The lowest BCUT2D eigenvalue weighted by atomic mass is 10.0. The Kier molecular flexibility index (Phi) is 6.51. The molecule has 7 heteroatoms. The van der Waals surface area contributed by atoms with Gasteiger partial charge in [0.1, 0.15) is 29.4 Å². The molecule has 0 bridgehead atoms. The second-order valence-corrected chi connectivity index (χ2v) is 7.85. The van der Waals surface area contributed by atoms with E-state index in [1.54, 1.807) is 31.4 Å². The van der Waals surface area contributed by atoms with Gasteiger partial charge in [0, 0.05) is 23.7 Å². The van der Waals surface area contributed by atoms with Crippen LogP contribution in [0, 0.1) is 0 Å². The van der Waals surface area contributed by atoms with Crippen LogP contribution in [0.2, 0.25) is 0 Å². The van der Waals surface area contributed by atoms with Gasteiger partial charge in [-0.05, 0) is 68.2 Å². The number of benzene rings is 3. The summed E-state index contributed by atoms with van der Waals surface area (Å²) in [6.07, 6.45) is 0. The van der Waals surface area contributed by atoms with Gasteiger partial charge in [-0.1, -0.05) is 12.1 Å². The molecular formula is C26H26N2O5. The van der Waals surface area contributed by atoms with Gasteiger partial charge in [-0.25, -0.2) is 4.79 Å². The van der Waals surface area contributed by atoms with Crippen LogP contribution in [0.25, 0.3) is 22.1 Å². The molecule has 0 aliphatic carbocycles. The molecule has 0 unspecified atom stereocenters. The van der Waals surface area contributed by atoms with Gasteiger partial charge in [-0.2, -0.15) is 0 Å². The molecule has 0 amide bonds. The molecule has 7 nitrogen and oxygen atoms in total. The Morgan fingerprint density at radius 1 is 0.970 bits per heavy atom. The summed E-state index contributed by atoms with van der Waals surface area (Å²) in [6, 6.07) is 19.5. The van der Waals surface area contributed by atoms with E-state index in [0.29, 0.717) is 40.1 Å². The number of rotatable bonds is 8. The predicted molar refractivity (Wildman–Crippen MR) is 130 cm³/mol. The van der Waals surface area contributed by atoms with Gasteiger partial charge in [-0.15, -0.1) is 0 Å². The Bertz CT molecular complexity index is 1300. The average Bonchev–Trinajstić information content (AvgIpc) is 2.80. The second-order valence-electron chi connectivity index (χ2n) is 7.85. The summed E-state index contributed by atoms with van der Waals surface area (Å²) in [6.45, 7) is 1.42. The van der Waals surface area contributed by atoms with Gasteiger partial charge >= 0.3 is 5.63 Å². The summed E-state index contributed by atoms with van der Waals surface area (Å²) in [7, 11) is 5.58. The van der Waals surface area contributed by atoms with Crippen molar-refractivity contribution in [1.29, 1.82) is 0 Å². The molecule has 2 N–H and O–H groups in total. The van der Waals surface area contributed by atoms with Crippen LogP contribution in [-0.2, 0) is 0 Å². The molecule has 0 fully saturated rings. The minimum Gasteiger partial charge on any atom is -0.508 e. The molecule has 170 valence electrons. The fraction of sp³-hybridized carbons (Fsp3) is 0.192. The third-order valence-corrected chi connectivity index (χ3v) is 5.20. The third kappa shape index (κ3) is 5.10. The lowest BCUT2D eigenvalue weighted by Crippen LogP contribution is -2.19. The fourth-order valence-corrected chi connectivity index (χ4v) is 3.46. The van der Waals surface area contributed by atoms with Crippen LogP contribution >= 0.6 is 0 Å². The minimum absolute atomic E-state index is 0.0213. The molecular weight excluding hydrogens is 420 g/mol. The number of anilines is 2. The number of nitrogens with zero attached hydrogens (tertiary/aromatic N) is 1. The largest absolute Gasteiger partial charge is 0.508 e. The number of hydrogen-bond donors (Lipinski definition) is 2. The number of ether oxygens (including phenoxy) is 2. The van der Waals surface area contributed by atoms with Gasteiger partial charge in [0.05, 0.1) is 18.4 Å². The number of fused-ring (bicyclic) bond motifs is 1. The van der Waals surface area contributed by atoms with Crippen molar-refractivity contribution in [2.75, 3.05) is 39.7 Å². The number of phenolic OH excluding ortho intramolecular Hbond substituents is 1. The lowest BCUT2D eigenvalue weighted by molar-refractivity contribution is 0.261. The second kappa shape index (κ2) is 9.67. The summed E-state index contributed by atoms with van der Waals surface area (Å²) in [5.74, 6) is 1.47.